The molecule has 0 radical (unpaired) electrons. The highest BCUT2D eigenvalue weighted by Crippen LogP contribution is 2.23. The molecule has 0 aliphatic rings. The average Bonchev–Trinajstić information content (AvgIpc) is 2.27. The molecule has 0 saturated heterocycles. The fourth-order valence-corrected chi connectivity index (χ4v) is 2.40. The van der Waals surface area contributed by atoms with Crippen molar-refractivity contribution in [1.82, 2.24) is 4.31 Å². The second-order valence-corrected chi connectivity index (χ2v) is 5.66. The molecule has 92 valence electrons. The van der Waals surface area contributed by atoms with Gasteiger partial charge in [-0.25, -0.2) is 12.8 Å². The van der Waals surface area contributed by atoms with Crippen molar-refractivity contribution in [2.24, 2.45) is 0 Å². The number of halogens is 1. The Labute approximate surface area is 100 Å². The summed E-state index contributed by atoms with van der Waals surface area (Å²) in [7, 11) is -2.33. The monoisotopic (exact) mass is 256 g/mol. The lowest BCUT2D eigenvalue weighted by molar-refractivity contribution is 0.389. The minimum atomic E-state index is -3.67. The normalized spacial score (nSPS) is 13.4. The van der Waals surface area contributed by atoms with Crippen molar-refractivity contribution in [3.05, 3.63) is 35.6 Å². The minimum absolute atomic E-state index is 0.288. The van der Waals surface area contributed by atoms with Crippen molar-refractivity contribution in [3.8, 4) is 6.07 Å². The molecule has 0 amide bonds. The van der Waals surface area contributed by atoms with Crippen molar-refractivity contribution >= 4 is 10.0 Å². The molecule has 0 spiro atoms. The molecular formula is C11H13FN2O2S. The molecule has 1 rings (SSSR count). The number of sulfonamides is 1. The Bertz CT molecular complexity index is 537. The predicted molar refractivity (Wildman–Crippen MR) is 62.0 cm³/mol. The van der Waals surface area contributed by atoms with E-state index in [2.05, 4.69) is 0 Å². The number of rotatable bonds is 4. The van der Waals surface area contributed by atoms with Crippen molar-refractivity contribution in [2.75, 3.05) is 12.8 Å². The molecule has 6 heteroatoms. The van der Waals surface area contributed by atoms with Crippen LogP contribution in [0.3, 0.4) is 0 Å². The van der Waals surface area contributed by atoms with Gasteiger partial charge in [0.05, 0.1) is 6.07 Å². The van der Waals surface area contributed by atoms with E-state index in [1.165, 1.54) is 25.2 Å². The zero-order valence-electron chi connectivity index (χ0n) is 9.59. The molecule has 0 bridgehead atoms. The van der Waals surface area contributed by atoms with Crippen molar-refractivity contribution in [2.45, 2.75) is 13.0 Å². The molecule has 1 atom stereocenters. The quantitative estimate of drug-likeness (QED) is 0.823. The van der Waals surface area contributed by atoms with E-state index in [-0.39, 0.29) is 5.56 Å². The van der Waals surface area contributed by atoms with Gasteiger partial charge in [-0.1, -0.05) is 18.2 Å². The van der Waals surface area contributed by atoms with E-state index in [0.29, 0.717) is 0 Å². The highest BCUT2D eigenvalue weighted by Gasteiger charge is 2.25. The second-order valence-electron chi connectivity index (χ2n) is 3.63. The van der Waals surface area contributed by atoms with Gasteiger partial charge in [0.25, 0.3) is 0 Å². The summed E-state index contributed by atoms with van der Waals surface area (Å²) in [5.74, 6) is -1.07. The SMILES string of the molecule is CC(c1ccccc1F)N(C)S(=O)(=O)CC#N. The van der Waals surface area contributed by atoms with Crippen LogP contribution in [-0.4, -0.2) is 25.5 Å². The van der Waals surface area contributed by atoms with Crippen LogP contribution in [0.15, 0.2) is 24.3 Å². The molecule has 0 aliphatic carbocycles. The molecule has 0 fully saturated rings. The van der Waals surface area contributed by atoms with Gasteiger partial charge in [0.15, 0.2) is 5.75 Å². The Kier molecular flexibility index (Phi) is 4.21. The molecule has 0 aliphatic heterocycles. The fraction of sp³-hybridized carbons (Fsp3) is 0.364. The standard InChI is InChI=1S/C11H13FN2O2S/c1-9(10-5-3-4-6-11(10)12)14(2)17(15,16)8-7-13/h3-6,9H,8H2,1-2H3. The zero-order valence-corrected chi connectivity index (χ0v) is 10.4. The van der Waals surface area contributed by atoms with E-state index >= 15 is 0 Å². The van der Waals surface area contributed by atoms with Crippen LogP contribution >= 0.6 is 0 Å². The third-order valence-corrected chi connectivity index (χ3v) is 4.27. The first-order valence-electron chi connectivity index (χ1n) is 4.97. The van der Waals surface area contributed by atoms with Gasteiger partial charge in [-0.3, -0.25) is 0 Å². The third-order valence-electron chi connectivity index (χ3n) is 2.59. The predicted octanol–water partition coefficient (Wildman–Crippen LogP) is 1.67. The lowest BCUT2D eigenvalue weighted by atomic mass is 10.1. The van der Waals surface area contributed by atoms with Gasteiger partial charge in [0, 0.05) is 18.7 Å². The molecule has 1 aromatic rings. The Morgan fingerprint density at radius 1 is 1.47 bits per heavy atom. The molecular weight excluding hydrogens is 243 g/mol. The first kappa shape index (κ1) is 13.6. The highest BCUT2D eigenvalue weighted by atomic mass is 32.2. The topological polar surface area (TPSA) is 61.2 Å². The summed E-state index contributed by atoms with van der Waals surface area (Å²) in [4.78, 5) is 0. The van der Waals surface area contributed by atoms with Gasteiger partial charge in [0.2, 0.25) is 10.0 Å². The molecule has 0 N–H and O–H groups in total. The maximum Gasteiger partial charge on any atom is 0.227 e. The molecule has 1 unspecified atom stereocenters. The number of nitrogens with zero attached hydrogens (tertiary/aromatic N) is 2. The first-order valence-corrected chi connectivity index (χ1v) is 6.58. The molecule has 0 aromatic heterocycles. The summed E-state index contributed by atoms with van der Waals surface area (Å²) < 4.78 is 37.8. The van der Waals surface area contributed by atoms with E-state index < -0.39 is 27.6 Å². The number of benzene rings is 1. The highest BCUT2D eigenvalue weighted by molar-refractivity contribution is 7.89. The molecule has 17 heavy (non-hydrogen) atoms. The van der Waals surface area contributed by atoms with E-state index in [0.717, 1.165) is 4.31 Å². The van der Waals surface area contributed by atoms with E-state index in [1.807, 2.05) is 0 Å². The van der Waals surface area contributed by atoms with Gasteiger partial charge in [-0.2, -0.15) is 9.57 Å². The zero-order chi connectivity index (χ0) is 13.1. The largest absolute Gasteiger partial charge is 0.227 e. The maximum atomic E-state index is 13.5. The maximum absolute atomic E-state index is 13.5. The lowest BCUT2D eigenvalue weighted by Crippen LogP contribution is -2.31. The lowest BCUT2D eigenvalue weighted by Gasteiger charge is -2.23. The van der Waals surface area contributed by atoms with E-state index in [1.54, 1.807) is 19.1 Å². The summed E-state index contributed by atoms with van der Waals surface area (Å²) in [5.41, 5.74) is 0.288. The van der Waals surface area contributed by atoms with Crippen molar-refractivity contribution < 1.29 is 12.8 Å². The fourth-order valence-electron chi connectivity index (χ4n) is 1.43. The van der Waals surface area contributed by atoms with Crippen LogP contribution in [0.4, 0.5) is 4.39 Å². The minimum Gasteiger partial charge on any atom is -0.211 e. The Balaban J connectivity index is 3.04. The summed E-state index contributed by atoms with van der Waals surface area (Å²) in [6.07, 6.45) is 0. The summed E-state index contributed by atoms with van der Waals surface area (Å²) in [6.45, 7) is 1.58. The second kappa shape index (κ2) is 5.25. The number of hydrogen-bond donors (Lipinski definition) is 0. The van der Waals surface area contributed by atoms with E-state index in [9.17, 15) is 12.8 Å². The van der Waals surface area contributed by atoms with Crippen molar-refractivity contribution in [1.29, 1.82) is 5.26 Å². The Morgan fingerprint density at radius 3 is 2.59 bits per heavy atom. The van der Waals surface area contributed by atoms with Crippen molar-refractivity contribution in [3.63, 3.8) is 0 Å². The van der Waals surface area contributed by atoms with Gasteiger partial charge in [0.1, 0.15) is 5.82 Å². The van der Waals surface area contributed by atoms with Crippen LogP contribution in [0.5, 0.6) is 0 Å². The average molecular weight is 256 g/mol. The van der Waals surface area contributed by atoms with Crippen LogP contribution < -0.4 is 0 Å². The summed E-state index contributed by atoms with van der Waals surface area (Å²) in [6, 6.07) is 6.92. The first-order chi connectivity index (χ1) is 7.90. The van der Waals surface area contributed by atoms with Crippen LogP contribution in [0, 0.1) is 17.1 Å². The van der Waals surface area contributed by atoms with Crippen LogP contribution in [-0.2, 0) is 10.0 Å². The molecule has 1 aromatic carbocycles. The Hall–Kier alpha value is -1.45. The summed E-state index contributed by atoms with van der Waals surface area (Å²) in [5, 5.41) is 8.43. The van der Waals surface area contributed by atoms with Gasteiger partial charge < -0.3 is 0 Å². The molecule has 4 nitrogen and oxygen atoms in total. The van der Waals surface area contributed by atoms with Gasteiger partial charge >= 0.3 is 0 Å². The number of hydrogen-bond acceptors (Lipinski definition) is 3. The van der Waals surface area contributed by atoms with Gasteiger partial charge in [-0.15, -0.1) is 0 Å². The van der Waals surface area contributed by atoms with Crippen LogP contribution in [0.25, 0.3) is 0 Å². The van der Waals surface area contributed by atoms with E-state index in [4.69, 9.17) is 5.26 Å². The number of nitriles is 1. The van der Waals surface area contributed by atoms with Crippen LogP contribution in [0.1, 0.15) is 18.5 Å². The third kappa shape index (κ3) is 3.02. The van der Waals surface area contributed by atoms with Crippen LogP contribution in [0.2, 0.25) is 0 Å². The van der Waals surface area contributed by atoms with Gasteiger partial charge in [-0.05, 0) is 13.0 Å². The molecule has 0 heterocycles. The molecule has 0 saturated carbocycles. The summed E-state index contributed by atoms with van der Waals surface area (Å²) >= 11 is 0. The Morgan fingerprint density at radius 2 is 2.06 bits per heavy atom. The smallest absolute Gasteiger partial charge is 0.211 e.